The number of carbonyl (C=O) groups excluding carboxylic acids is 1. The quantitative estimate of drug-likeness (QED) is 0.147. The monoisotopic (exact) mass is 551 g/mol. The minimum atomic E-state index is -4.70. The van der Waals surface area contributed by atoms with E-state index in [9.17, 15) is 13.2 Å². The van der Waals surface area contributed by atoms with Gasteiger partial charge in [-0.1, -0.05) is 38.2 Å². The van der Waals surface area contributed by atoms with Crippen molar-refractivity contribution in [3.8, 4) is 5.75 Å². The fourth-order valence-corrected chi connectivity index (χ4v) is 3.22. The highest BCUT2D eigenvalue weighted by molar-refractivity contribution is 8.01. The van der Waals surface area contributed by atoms with E-state index in [1.54, 1.807) is 24.8 Å². The van der Waals surface area contributed by atoms with Crippen molar-refractivity contribution in [2.75, 3.05) is 19.9 Å². The standard InChI is InChI=1S/C24H28F3N5OS.C2H6.CH2O/c1-6-7-8-9-18(12-13-34-5)15-29-17(2)30-16-22(28-3)32-21-11-10-19(33-4)14-20(21)31-23(32)24(25,26)27;2*1-2/h6-7,9-14,16H,3,8,15H2,1-2,4-5H3,(H,29,30);1-2H3;1H2/b7-6-,13-12+,18-9?,22-16+;;. The van der Waals surface area contributed by atoms with E-state index >= 15 is 0 Å². The van der Waals surface area contributed by atoms with Gasteiger partial charge in [0.15, 0.2) is 5.82 Å². The Morgan fingerprint density at radius 3 is 2.53 bits per heavy atom. The summed E-state index contributed by atoms with van der Waals surface area (Å²) in [7, 11) is 1.43. The van der Waals surface area contributed by atoms with Gasteiger partial charge in [0, 0.05) is 12.3 Å². The number of amidine groups is 1. The second kappa shape index (κ2) is 18.6. The van der Waals surface area contributed by atoms with Gasteiger partial charge in [0.1, 0.15) is 12.5 Å². The summed E-state index contributed by atoms with van der Waals surface area (Å²) in [4.78, 5) is 20.1. The SMILES string of the molecule is C=N/C(=C\NC(C)=NCC(=CC/C=C\C)/C=C/SC)n1c(C(F)(F)F)nc2cc(OC)ccc21.C=O.CC. The molecular weight excluding hydrogens is 515 g/mol. The molecule has 1 heterocycles. The average Bonchev–Trinajstić information content (AvgIpc) is 3.32. The highest BCUT2D eigenvalue weighted by Gasteiger charge is 2.38. The second-order valence-electron chi connectivity index (χ2n) is 6.95. The molecule has 11 heteroatoms. The van der Waals surface area contributed by atoms with Crippen LogP contribution in [0.15, 0.2) is 69.7 Å². The van der Waals surface area contributed by atoms with Crippen molar-refractivity contribution in [3.63, 3.8) is 0 Å². The van der Waals surface area contributed by atoms with Crippen LogP contribution in [0.1, 0.15) is 39.9 Å². The minimum absolute atomic E-state index is 0.0688. The first-order valence-corrected chi connectivity index (χ1v) is 12.9. The number of fused-ring (bicyclic) bond motifs is 1. The van der Waals surface area contributed by atoms with E-state index < -0.39 is 12.0 Å². The molecule has 0 fully saturated rings. The van der Waals surface area contributed by atoms with Gasteiger partial charge in [0.25, 0.3) is 0 Å². The van der Waals surface area contributed by atoms with Crippen molar-refractivity contribution in [3.05, 3.63) is 65.5 Å². The first-order chi connectivity index (χ1) is 18.2. The molecular formula is C27H36F3N5O2S. The van der Waals surface area contributed by atoms with Crippen LogP contribution in [0.3, 0.4) is 0 Å². The number of hydrogen-bond donors (Lipinski definition) is 1. The third kappa shape index (κ3) is 10.8. The molecule has 0 spiro atoms. The number of hydrogen-bond acceptors (Lipinski definition) is 6. The molecule has 0 aliphatic carbocycles. The number of imidazole rings is 1. The summed E-state index contributed by atoms with van der Waals surface area (Å²) in [5.74, 6) is -0.268. The lowest BCUT2D eigenvalue weighted by molar-refractivity contribution is -0.145. The molecule has 0 amide bonds. The summed E-state index contributed by atoms with van der Waals surface area (Å²) in [5.41, 5.74) is 1.37. The molecule has 0 bridgehead atoms. The fraction of sp³-hybridized carbons (Fsp3) is 0.333. The molecule has 1 N–H and O–H groups in total. The molecule has 0 radical (unpaired) electrons. The van der Waals surface area contributed by atoms with Gasteiger partial charge in [-0.05, 0) is 56.4 Å². The van der Waals surface area contributed by atoms with Crippen molar-refractivity contribution >= 4 is 48.0 Å². The van der Waals surface area contributed by atoms with Crippen LogP contribution in [-0.2, 0) is 11.0 Å². The Labute approximate surface area is 227 Å². The maximum Gasteiger partial charge on any atom is 0.450 e. The van der Waals surface area contributed by atoms with Gasteiger partial charge in [0.2, 0.25) is 5.82 Å². The number of halogens is 3. The van der Waals surface area contributed by atoms with Crippen molar-refractivity contribution in [2.45, 2.75) is 40.3 Å². The smallest absolute Gasteiger partial charge is 0.450 e. The maximum absolute atomic E-state index is 13.7. The average molecular weight is 552 g/mol. The topological polar surface area (TPSA) is 80.9 Å². The Morgan fingerprint density at radius 2 is 1.97 bits per heavy atom. The maximum atomic E-state index is 13.7. The Balaban J connectivity index is 0.00000326. The third-order valence-corrected chi connectivity index (χ3v) is 4.99. The molecule has 2 aromatic rings. The van der Waals surface area contributed by atoms with E-state index in [0.717, 1.165) is 16.6 Å². The Morgan fingerprint density at radius 1 is 1.29 bits per heavy atom. The molecule has 1 aromatic carbocycles. The summed E-state index contributed by atoms with van der Waals surface area (Å²) in [6, 6.07) is 4.49. The highest BCUT2D eigenvalue weighted by atomic mass is 32.2. The first-order valence-electron chi connectivity index (χ1n) is 11.6. The fourth-order valence-electron chi connectivity index (χ4n) is 2.91. The van der Waals surface area contributed by atoms with Crippen LogP contribution in [0.5, 0.6) is 5.75 Å². The number of rotatable bonds is 10. The molecule has 0 aliphatic rings. The number of thioether (sulfide) groups is 1. The number of aromatic nitrogens is 2. The number of nitrogens with one attached hydrogen (secondary N) is 1. The lowest BCUT2D eigenvalue weighted by Crippen LogP contribution is -2.18. The Hall–Kier alpha value is -3.60. The minimum Gasteiger partial charge on any atom is -0.497 e. The summed E-state index contributed by atoms with van der Waals surface area (Å²) in [6.45, 7) is 13.5. The Kier molecular flexibility index (Phi) is 16.9. The number of alkyl halides is 3. The molecule has 38 heavy (non-hydrogen) atoms. The summed E-state index contributed by atoms with van der Waals surface area (Å²) < 4.78 is 47.2. The summed E-state index contributed by atoms with van der Waals surface area (Å²) >= 11 is 1.58. The molecule has 0 unspecified atom stereocenters. The van der Waals surface area contributed by atoms with Crippen LogP contribution in [0.4, 0.5) is 13.2 Å². The van der Waals surface area contributed by atoms with E-state index in [-0.39, 0.29) is 16.9 Å². The molecule has 0 atom stereocenters. The zero-order valence-electron chi connectivity index (χ0n) is 22.7. The van der Waals surface area contributed by atoms with E-state index in [0.29, 0.717) is 18.1 Å². The lowest BCUT2D eigenvalue weighted by atomic mass is 10.2. The van der Waals surface area contributed by atoms with Gasteiger partial charge in [0.05, 0.1) is 30.5 Å². The molecule has 0 aliphatic heterocycles. The van der Waals surface area contributed by atoms with Crippen LogP contribution in [0, 0.1) is 0 Å². The molecule has 7 nitrogen and oxygen atoms in total. The number of ether oxygens (including phenoxy) is 1. The molecule has 1 aromatic heterocycles. The molecule has 208 valence electrons. The van der Waals surface area contributed by atoms with E-state index in [2.05, 4.69) is 33.1 Å². The molecule has 0 saturated carbocycles. The van der Waals surface area contributed by atoms with Gasteiger partial charge in [-0.3, -0.25) is 9.56 Å². The number of carbonyl (C=O) groups is 1. The van der Waals surface area contributed by atoms with Gasteiger partial charge < -0.3 is 14.8 Å². The van der Waals surface area contributed by atoms with E-state index in [4.69, 9.17) is 9.53 Å². The third-order valence-electron chi connectivity index (χ3n) is 4.59. The van der Waals surface area contributed by atoms with Crippen molar-refractivity contribution in [1.29, 1.82) is 0 Å². The molecule has 2 rings (SSSR count). The van der Waals surface area contributed by atoms with Gasteiger partial charge in [-0.2, -0.15) is 13.2 Å². The normalized spacial score (nSPS) is 12.7. The lowest BCUT2D eigenvalue weighted by Gasteiger charge is -2.12. The van der Waals surface area contributed by atoms with Crippen LogP contribution in [-0.4, -0.2) is 48.8 Å². The van der Waals surface area contributed by atoms with E-state index in [1.165, 1.54) is 25.4 Å². The predicted molar refractivity (Wildman–Crippen MR) is 155 cm³/mol. The van der Waals surface area contributed by atoms with Crippen LogP contribution < -0.4 is 10.1 Å². The zero-order chi connectivity index (χ0) is 29.1. The first kappa shape index (κ1) is 34.4. The van der Waals surface area contributed by atoms with Gasteiger partial charge >= 0.3 is 6.18 Å². The van der Waals surface area contributed by atoms with Crippen LogP contribution in [0.25, 0.3) is 16.9 Å². The number of methoxy groups -OCH3 is 1. The number of aliphatic imine (C=N–C) groups is 2. The second-order valence-corrected chi connectivity index (χ2v) is 7.70. The van der Waals surface area contributed by atoms with Gasteiger partial charge in [-0.15, -0.1) is 11.8 Å². The highest BCUT2D eigenvalue weighted by Crippen LogP contribution is 2.34. The number of benzene rings is 1. The number of allylic oxidation sites excluding steroid dienone is 3. The predicted octanol–water partition coefficient (Wildman–Crippen LogP) is 7.14. The largest absolute Gasteiger partial charge is 0.497 e. The Bertz CT molecular complexity index is 1170. The summed E-state index contributed by atoms with van der Waals surface area (Å²) in [5, 5.41) is 4.88. The zero-order valence-corrected chi connectivity index (χ0v) is 23.5. The van der Waals surface area contributed by atoms with Crippen LogP contribution >= 0.6 is 11.8 Å². The van der Waals surface area contributed by atoms with Gasteiger partial charge in [-0.25, -0.2) is 9.98 Å². The number of nitrogens with zero attached hydrogens (tertiary/aromatic N) is 4. The summed E-state index contributed by atoms with van der Waals surface area (Å²) in [6.07, 6.45) is 7.45. The van der Waals surface area contributed by atoms with E-state index in [1.807, 2.05) is 57.5 Å². The molecule has 0 saturated heterocycles. The van der Waals surface area contributed by atoms with Crippen molar-refractivity contribution in [2.24, 2.45) is 9.98 Å². The van der Waals surface area contributed by atoms with Crippen molar-refractivity contribution < 1.29 is 22.7 Å². The van der Waals surface area contributed by atoms with Crippen molar-refractivity contribution in [1.82, 2.24) is 14.9 Å². The van der Waals surface area contributed by atoms with Crippen LogP contribution in [0.2, 0.25) is 0 Å².